The number of hydrogen-bond donors (Lipinski definition) is 3. The summed E-state index contributed by atoms with van der Waals surface area (Å²) in [5, 5.41) is 5.70. The molecule has 3 N–H and O–H groups in total. The summed E-state index contributed by atoms with van der Waals surface area (Å²) >= 11 is 7.13. The number of nitrogens with one attached hydrogen (secondary N) is 3. The number of thiophene rings is 1. The lowest BCUT2D eigenvalue weighted by Gasteiger charge is -2.12. The van der Waals surface area contributed by atoms with Crippen LogP contribution in [0, 0.1) is 0 Å². The van der Waals surface area contributed by atoms with E-state index in [1.807, 2.05) is 0 Å². The number of sulfonamides is 1. The van der Waals surface area contributed by atoms with E-state index < -0.39 is 27.9 Å². The van der Waals surface area contributed by atoms with Gasteiger partial charge < -0.3 is 10.1 Å². The average Bonchev–Trinajstić information content (AvgIpc) is 3.22. The third-order valence-electron chi connectivity index (χ3n) is 5.55. The van der Waals surface area contributed by atoms with Gasteiger partial charge in [0, 0.05) is 21.2 Å². The van der Waals surface area contributed by atoms with Crippen molar-refractivity contribution in [3.63, 3.8) is 0 Å². The Morgan fingerprint density at radius 3 is 2.28 bits per heavy atom. The van der Waals surface area contributed by atoms with Crippen LogP contribution in [0.4, 0.5) is 15.5 Å². The van der Waals surface area contributed by atoms with E-state index in [4.69, 9.17) is 11.6 Å². The first-order valence-corrected chi connectivity index (χ1v) is 13.6. The number of rotatable bonds is 6. The van der Waals surface area contributed by atoms with Gasteiger partial charge >= 0.3 is 6.09 Å². The van der Waals surface area contributed by atoms with Gasteiger partial charge in [-0.1, -0.05) is 11.6 Å². The minimum absolute atomic E-state index is 0.0492. The van der Waals surface area contributed by atoms with Crippen LogP contribution >= 0.6 is 22.9 Å². The molecule has 0 atom stereocenters. The number of carbonyl (C=O) groups is 3. The molecule has 12 heteroatoms. The maximum absolute atomic E-state index is 13.0. The van der Waals surface area contributed by atoms with Crippen molar-refractivity contribution < 1.29 is 27.5 Å². The second kappa shape index (κ2) is 10.7. The number of halogens is 1. The van der Waals surface area contributed by atoms with E-state index in [1.165, 1.54) is 59.9 Å². The van der Waals surface area contributed by atoms with Gasteiger partial charge in [0.1, 0.15) is 5.00 Å². The largest absolute Gasteiger partial charge is 0.453 e. The summed E-state index contributed by atoms with van der Waals surface area (Å²) in [7, 11) is -2.67. The Balaban J connectivity index is 1.52. The van der Waals surface area contributed by atoms with Gasteiger partial charge in [0.2, 0.25) is 0 Å². The number of benzene rings is 2. The fraction of sp³-hybridized carbons (Fsp3) is 0.208. The standard InChI is InChI=1S/C24H22ClN3O6S2/c1-34-24(31)27-22(30)20-18-4-2-3-5-19(18)35-23(20)26-21(29)14-6-10-16(11-7-14)28-36(32,33)17-12-8-15(25)9-13-17/h6-13,28H,2-5H2,1H3,(H,26,29)(H,27,30,31). The first kappa shape index (κ1) is 25.7. The molecule has 4 rings (SSSR count). The number of hydrogen-bond acceptors (Lipinski definition) is 7. The summed E-state index contributed by atoms with van der Waals surface area (Å²) in [6.45, 7) is 0. The number of methoxy groups -OCH3 is 1. The molecule has 1 aliphatic rings. The molecule has 0 saturated heterocycles. The van der Waals surface area contributed by atoms with E-state index in [1.54, 1.807) is 0 Å². The number of fused-ring (bicyclic) bond motifs is 1. The van der Waals surface area contributed by atoms with Gasteiger partial charge in [-0.05, 0) is 79.8 Å². The molecule has 0 spiro atoms. The van der Waals surface area contributed by atoms with Crippen molar-refractivity contribution in [1.29, 1.82) is 0 Å². The lowest BCUT2D eigenvalue weighted by atomic mass is 9.95. The van der Waals surface area contributed by atoms with E-state index in [0.717, 1.165) is 36.8 Å². The lowest BCUT2D eigenvalue weighted by Crippen LogP contribution is -2.31. The molecule has 0 fully saturated rings. The Hall–Kier alpha value is -3.41. The highest BCUT2D eigenvalue weighted by Gasteiger charge is 2.27. The summed E-state index contributed by atoms with van der Waals surface area (Å²) in [6, 6.07) is 11.6. The van der Waals surface area contributed by atoms with Crippen LogP contribution in [0.1, 0.15) is 44.0 Å². The summed E-state index contributed by atoms with van der Waals surface area (Å²) in [6.07, 6.45) is 2.46. The second-order valence-electron chi connectivity index (χ2n) is 7.95. The number of aryl methyl sites for hydroxylation is 1. The number of imide groups is 1. The summed E-state index contributed by atoms with van der Waals surface area (Å²) in [4.78, 5) is 38.4. The van der Waals surface area contributed by atoms with Crippen molar-refractivity contribution in [3.8, 4) is 0 Å². The zero-order chi connectivity index (χ0) is 25.9. The molecule has 36 heavy (non-hydrogen) atoms. The maximum Gasteiger partial charge on any atom is 0.413 e. The maximum atomic E-state index is 13.0. The van der Waals surface area contributed by atoms with Gasteiger partial charge in [0.15, 0.2) is 0 Å². The second-order valence-corrected chi connectivity index (χ2v) is 11.2. The van der Waals surface area contributed by atoms with Crippen LogP contribution in [0.15, 0.2) is 53.4 Å². The highest BCUT2D eigenvalue weighted by atomic mass is 35.5. The first-order chi connectivity index (χ1) is 17.2. The molecule has 2 aromatic carbocycles. The number of ether oxygens (including phenoxy) is 1. The van der Waals surface area contributed by atoms with Gasteiger partial charge in [0.25, 0.3) is 21.8 Å². The molecule has 0 bridgehead atoms. The molecular weight excluding hydrogens is 526 g/mol. The fourth-order valence-corrected chi connectivity index (χ4v) is 6.26. The monoisotopic (exact) mass is 547 g/mol. The van der Waals surface area contributed by atoms with Crippen molar-refractivity contribution in [2.24, 2.45) is 0 Å². The van der Waals surface area contributed by atoms with Crippen LogP contribution in [0.25, 0.3) is 0 Å². The van der Waals surface area contributed by atoms with Crippen molar-refractivity contribution in [3.05, 3.63) is 75.1 Å². The Labute approximate surface area is 216 Å². The fourth-order valence-electron chi connectivity index (χ4n) is 3.79. The molecule has 0 radical (unpaired) electrons. The van der Waals surface area contributed by atoms with E-state index >= 15 is 0 Å². The van der Waals surface area contributed by atoms with Crippen LogP contribution in [-0.4, -0.2) is 33.4 Å². The predicted octanol–water partition coefficient (Wildman–Crippen LogP) is 4.83. The molecule has 1 heterocycles. The van der Waals surface area contributed by atoms with Crippen molar-refractivity contribution in [2.75, 3.05) is 17.1 Å². The third kappa shape index (κ3) is 5.69. The van der Waals surface area contributed by atoms with Crippen LogP contribution in [-0.2, 0) is 27.6 Å². The first-order valence-electron chi connectivity index (χ1n) is 10.9. The van der Waals surface area contributed by atoms with Crippen molar-refractivity contribution in [1.82, 2.24) is 5.32 Å². The van der Waals surface area contributed by atoms with Gasteiger partial charge in [0.05, 0.1) is 17.6 Å². The number of alkyl carbamates (subject to hydrolysis) is 1. The van der Waals surface area contributed by atoms with E-state index in [-0.39, 0.29) is 21.7 Å². The summed E-state index contributed by atoms with van der Waals surface area (Å²) < 4.78 is 32.1. The molecule has 0 unspecified atom stereocenters. The minimum atomic E-state index is -3.83. The van der Waals surface area contributed by atoms with Gasteiger partial charge in [-0.25, -0.2) is 13.2 Å². The SMILES string of the molecule is COC(=O)NC(=O)c1c(NC(=O)c2ccc(NS(=O)(=O)c3ccc(Cl)cc3)cc2)sc2c1CCCC2. The van der Waals surface area contributed by atoms with Gasteiger partial charge in [-0.2, -0.15) is 0 Å². The molecule has 3 amide bonds. The van der Waals surface area contributed by atoms with Gasteiger partial charge in [-0.15, -0.1) is 11.3 Å². The van der Waals surface area contributed by atoms with Crippen molar-refractivity contribution in [2.45, 2.75) is 30.6 Å². The summed E-state index contributed by atoms with van der Waals surface area (Å²) in [5.74, 6) is -1.11. The molecular formula is C24H22ClN3O6S2. The van der Waals surface area contributed by atoms with E-state index in [9.17, 15) is 22.8 Å². The molecule has 0 saturated carbocycles. The molecule has 9 nitrogen and oxygen atoms in total. The highest BCUT2D eigenvalue weighted by molar-refractivity contribution is 7.92. The van der Waals surface area contributed by atoms with Crippen LogP contribution in [0.2, 0.25) is 5.02 Å². The van der Waals surface area contributed by atoms with Crippen molar-refractivity contribution >= 4 is 61.6 Å². The lowest BCUT2D eigenvalue weighted by molar-refractivity contribution is 0.0937. The molecule has 188 valence electrons. The molecule has 3 aromatic rings. The van der Waals surface area contributed by atoms with Crippen LogP contribution in [0.5, 0.6) is 0 Å². The van der Waals surface area contributed by atoms with Crippen LogP contribution < -0.4 is 15.4 Å². The number of carbonyl (C=O) groups excluding carboxylic acids is 3. The minimum Gasteiger partial charge on any atom is -0.453 e. The van der Waals surface area contributed by atoms with Crippen LogP contribution in [0.3, 0.4) is 0 Å². The predicted molar refractivity (Wildman–Crippen MR) is 137 cm³/mol. The summed E-state index contributed by atoms with van der Waals surface area (Å²) in [5.41, 5.74) is 1.62. The molecule has 0 aliphatic heterocycles. The third-order valence-corrected chi connectivity index (χ3v) is 8.41. The van der Waals surface area contributed by atoms with E-state index in [2.05, 4.69) is 20.1 Å². The number of anilines is 2. The highest BCUT2D eigenvalue weighted by Crippen LogP contribution is 2.38. The van der Waals surface area contributed by atoms with Gasteiger partial charge in [-0.3, -0.25) is 19.6 Å². The smallest absolute Gasteiger partial charge is 0.413 e. The average molecular weight is 548 g/mol. The number of amides is 3. The Kier molecular flexibility index (Phi) is 7.62. The zero-order valence-corrected chi connectivity index (χ0v) is 21.5. The normalized spacial score (nSPS) is 12.8. The Bertz CT molecular complexity index is 1420. The molecule has 1 aromatic heterocycles. The Morgan fingerprint density at radius 2 is 1.61 bits per heavy atom. The Morgan fingerprint density at radius 1 is 0.944 bits per heavy atom. The topological polar surface area (TPSA) is 131 Å². The zero-order valence-electron chi connectivity index (χ0n) is 19.1. The van der Waals surface area contributed by atoms with E-state index in [0.29, 0.717) is 16.4 Å². The quantitative estimate of drug-likeness (QED) is 0.405. The molecule has 1 aliphatic carbocycles.